The zero-order chi connectivity index (χ0) is 16.2. The fourth-order valence-corrected chi connectivity index (χ4v) is 2.60. The molecule has 118 valence electrons. The standard InChI is InChI=1S/C15H14N4O3S/c1-19-13(17-15(21)12-5-2-6-22-12)8-11(18-19)14(20)16-9-10-4-3-7-23-10/h2-8H,9H2,1H3,(H,16,20)(H,17,21). The summed E-state index contributed by atoms with van der Waals surface area (Å²) in [5.41, 5.74) is 0.235. The fourth-order valence-electron chi connectivity index (χ4n) is 1.95. The molecule has 3 rings (SSSR count). The van der Waals surface area contributed by atoms with Crippen LogP contribution >= 0.6 is 11.3 Å². The van der Waals surface area contributed by atoms with Gasteiger partial charge in [-0.15, -0.1) is 11.3 Å². The Hall–Kier alpha value is -2.87. The predicted molar refractivity (Wildman–Crippen MR) is 85.4 cm³/mol. The van der Waals surface area contributed by atoms with Crippen molar-refractivity contribution < 1.29 is 14.0 Å². The van der Waals surface area contributed by atoms with E-state index in [1.54, 1.807) is 30.5 Å². The van der Waals surface area contributed by atoms with Gasteiger partial charge in [0.15, 0.2) is 11.5 Å². The zero-order valence-electron chi connectivity index (χ0n) is 12.3. The van der Waals surface area contributed by atoms with Gasteiger partial charge in [-0.3, -0.25) is 14.3 Å². The van der Waals surface area contributed by atoms with E-state index in [-0.39, 0.29) is 17.4 Å². The Labute approximate surface area is 135 Å². The average molecular weight is 330 g/mol. The molecule has 0 fully saturated rings. The van der Waals surface area contributed by atoms with Crippen molar-refractivity contribution in [3.63, 3.8) is 0 Å². The Balaban J connectivity index is 1.65. The summed E-state index contributed by atoms with van der Waals surface area (Å²) < 4.78 is 6.45. The normalized spacial score (nSPS) is 10.5. The Kier molecular flexibility index (Phi) is 4.24. The molecule has 2 amide bonds. The molecule has 0 saturated carbocycles. The number of nitrogens with one attached hydrogen (secondary N) is 2. The van der Waals surface area contributed by atoms with Gasteiger partial charge in [0.25, 0.3) is 11.8 Å². The highest BCUT2D eigenvalue weighted by Crippen LogP contribution is 2.12. The molecule has 0 bridgehead atoms. The second kappa shape index (κ2) is 6.49. The van der Waals surface area contributed by atoms with Gasteiger partial charge in [0.05, 0.1) is 12.8 Å². The van der Waals surface area contributed by atoms with Gasteiger partial charge >= 0.3 is 0 Å². The van der Waals surface area contributed by atoms with Gasteiger partial charge in [0.2, 0.25) is 0 Å². The number of nitrogens with zero attached hydrogens (tertiary/aromatic N) is 2. The lowest BCUT2D eigenvalue weighted by Crippen LogP contribution is -2.22. The maximum absolute atomic E-state index is 12.1. The average Bonchev–Trinajstić information content (AvgIpc) is 3.27. The van der Waals surface area contributed by atoms with Gasteiger partial charge < -0.3 is 15.1 Å². The summed E-state index contributed by atoms with van der Waals surface area (Å²) in [5.74, 6) is -0.0985. The van der Waals surface area contributed by atoms with Crippen LogP contribution < -0.4 is 10.6 Å². The van der Waals surface area contributed by atoms with Crippen molar-refractivity contribution in [3.05, 3.63) is 58.3 Å². The number of aryl methyl sites for hydroxylation is 1. The van der Waals surface area contributed by atoms with E-state index < -0.39 is 5.91 Å². The van der Waals surface area contributed by atoms with Crippen LogP contribution in [0.3, 0.4) is 0 Å². The zero-order valence-corrected chi connectivity index (χ0v) is 13.1. The van der Waals surface area contributed by atoms with Crippen molar-refractivity contribution in [2.45, 2.75) is 6.54 Å². The van der Waals surface area contributed by atoms with Gasteiger partial charge in [-0.2, -0.15) is 5.10 Å². The van der Waals surface area contributed by atoms with Crippen molar-refractivity contribution in [1.29, 1.82) is 0 Å². The van der Waals surface area contributed by atoms with Crippen molar-refractivity contribution in [1.82, 2.24) is 15.1 Å². The first-order chi connectivity index (χ1) is 11.1. The van der Waals surface area contributed by atoms with Crippen molar-refractivity contribution in [2.75, 3.05) is 5.32 Å². The Morgan fingerprint density at radius 1 is 1.30 bits per heavy atom. The lowest BCUT2D eigenvalue weighted by atomic mass is 10.3. The molecule has 3 aromatic heterocycles. The molecule has 0 radical (unpaired) electrons. The number of carbonyl (C=O) groups excluding carboxylic acids is 2. The van der Waals surface area contributed by atoms with E-state index in [4.69, 9.17) is 4.42 Å². The first-order valence-corrected chi connectivity index (χ1v) is 7.71. The monoisotopic (exact) mass is 330 g/mol. The molecular weight excluding hydrogens is 316 g/mol. The molecule has 0 aliphatic heterocycles. The van der Waals surface area contributed by atoms with E-state index in [0.29, 0.717) is 12.4 Å². The molecule has 7 nitrogen and oxygen atoms in total. The van der Waals surface area contributed by atoms with Crippen molar-refractivity contribution in [3.8, 4) is 0 Å². The van der Waals surface area contributed by atoms with E-state index >= 15 is 0 Å². The van der Waals surface area contributed by atoms with Crippen LogP contribution in [0.4, 0.5) is 5.82 Å². The quantitative estimate of drug-likeness (QED) is 0.751. The Morgan fingerprint density at radius 2 is 2.17 bits per heavy atom. The van der Waals surface area contributed by atoms with Gasteiger partial charge in [-0.1, -0.05) is 6.07 Å². The minimum Gasteiger partial charge on any atom is -0.459 e. The van der Waals surface area contributed by atoms with Crippen LogP contribution in [0, 0.1) is 0 Å². The van der Waals surface area contributed by atoms with E-state index in [2.05, 4.69) is 15.7 Å². The number of thiophene rings is 1. The third-order valence-corrected chi connectivity index (χ3v) is 3.98. The number of amides is 2. The minimum atomic E-state index is -0.399. The molecule has 3 heterocycles. The number of rotatable bonds is 5. The number of aromatic nitrogens is 2. The van der Waals surface area contributed by atoms with E-state index in [9.17, 15) is 9.59 Å². The molecule has 0 aromatic carbocycles. The second-order valence-corrected chi connectivity index (χ2v) is 5.76. The fraction of sp³-hybridized carbons (Fsp3) is 0.133. The third-order valence-electron chi connectivity index (χ3n) is 3.10. The number of anilines is 1. The van der Waals surface area contributed by atoms with E-state index in [0.717, 1.165) is 4.88 Å². The summed E-state index contributed by atoms with van der Waals surface area (Å²) >= 11 is 1.57. The molecule has 8 heteroatoms. The van der Waals surface area contributed by atoms with Crippen LogP contribution in [0.5, 0.6) is 0 Å². The van der Waals surface area contributed by atoms with E-state index in [1.807, 2.05) is 17.5 Å². The minimum absolute atomic E-state index is 0.190. The molecule has 0 atom stereocenters. The van der Waals surface area contributed by atoms with Crippen LogP contribution in [0.2, 0.25) is 0 Å². The lowest BCUT2D eigenvalue weighted by Gasteiger charge is -2.01. The maximum atomic E-state index is 12.1. The summed E-state index contributed by atoms with van der Waals surface area (Å²) in [6.07, 6.45) is 1.42. The molecular formula is C15H14N4O3S. The van der Waals surface area contributed by atoms with Crippen molar-refractivity contribution >= 4 is 29.0 Å². The molecule has 0 saturated heterocycles. The largest absolute Gasteiger partial charge is 0.459 e. The van der Waals surface area contributed by atoms with Crippen LogP contribution in [-0.4, -0.2) is 21.6 Å². The molecule has 3 aromatic rings. The Bertz CT molecular complexity index is 806. The van der Waals surface area contributed by atoms with Crippen LogP contribution in [0.1, 0.15) is 25.9 Å². The van der Waals surface area contributed by atoms with Crippen LogP contribution in [0.25, 0.3) is 0 Å². The molecule has 23 heavy (non-hydrogen) atoms. The third kappa shape index (κ3) is 3.49. The predicted octanol–water partition coefficient (Wildman–Crippen LogP) is 2.26. The number of hydrogen-bond acceptors (Lipinski definition) is 5. The van der Waals surface area contributed by atoms with Gasteiger partial charge in [-0.25, -0.2) is 0 Å². The summed E-state index contributed by atoms with van der Waals surface area (Å²) in [4.78, 5) is 25.1. The van der Waals surface area contributed by atoms with E-state index in [1.165, 1.54) is 17.0 Å². The number of carbonyl (C=O) groups is 2. The highest BCUT2D eigenvalue weighted by molar-refractivity contribution is 7.09. The highest BCUT2D eigenvalue weighted by atomic mass is 32.1. The Morgan fingerprint density at radius 3 is 2.87 bits per heavy atom. The smallest absolute Gasteiger partial charge is 0.292 e. The first kappa shape index (κ1) is 15.0. The molecule has 0 spiro atoms. The first-order valence-electron chi connectivity index (χ1n) is 6.83. The topological polar surface area (TPSA) is 89.2 Å². The number of hydrogen-bond donors (Lipinski definition) is 2. The van der Waals surface area contributed by atoms with Crippen molar-refractivity contribution in [2.24, 2.45) is 7.05 Å². The number of furan rings is 1. The highest BCUT2D eigenvalue weighted by Gasteiger charge is 2.16. The maximum Gasteiger partial charge on any atom is 0.292 e. The van der Waals surface area contributed by atoms with Crippen LogP contribution in [-0.2, 0) is 13.6 Å². The molecule has 2 N–H and O–H groups in total. The molecule has 0 aliphatic carbocycles. The van der Waals surface area contributed by atoms with Gasteiger partial charge in [0.1, 0.15) is 5.82 Å². The summed E-state index contributed by atoms with van der Waals surface area (Å²) in [6, 6.07) is 8.57. The SMILES string of the molecule is Cn1nc(C(=O)NCc2cccs2)cc1NC(=O)c1ccco1. The molecule has 0 unspecified atom stereocenters. The van der Waals surface area contributed by atoms with Gasteiger partial charge in [-0.05, 0) is 23.6 Å². The molecule has 0 aliphatic rings. The summed E-state index contributed by atoms with van der Waals surface area (Å²) in [6.45, 7) is 0.446. The summed E-state index contributed by atoms with van der Waals surface area (Å²) in [7, 11) is 1.65. The van der Waals surface area contributed by atoms with Gasteiger partial charge in [0, 0.05) is 18.0 Å². The second-order valence-electron chi connectivity index (χ2n) is 4.73. The summed E-state index contributed by atoms with van der Waals surface area (Å²) in [5, 5.41) is 11.5. The lowest BCUT2D eigenvalue weighted by molar-refractivity contribution is 0.0944. The van der Waals surface area contributed by atoms with Crippen LogP contribution in [0.15, 0.2) is 46.4 Å².